The molecule has 2 unspecified atom stereocenters. The molecule has 1 aliphatic carbocycles. The van der Waals surface area contributed by atoms with E-state index in [1.54, 1.807) is 4.90 Å². The van der Waals surface area contributed by atoms with Crippen molar-refractivity contribution < 1.29 is 15.0 Å². The van der Waals surface area contributed by atoms with Crippen LogP contribution in [0.15, 0.2) is 30.3 Å². The van der Waals surface area contributed by atoms with Crippen molar-refractivity contribution in [2.24, 2.45) is 5.92 Å². The topological polar surface area (TPSA) is 60.8 Å². The van der Waals surface area contributed by atoms with E-state index in [4.69, 9.17) is 10.2 Å². The van der Waals surface area contributed by atoms with Gasteiger partial charge in [-0.25, -0.2) is 0 Å². The van der Waals surface area contributed by atoms with Gasteiger partial charge in [0.2, 0.25) is 5.91 Å². The fourth-order valence-electron chi connectivity index (χ4n) is 2.34. The molecule has 4 heteroatoms. The van der Waals surface area contributed by atoms with E-state index in [1.807, 2.05) is 30.3 Å². The fourth-order valence-corrected chi connectivity index (χ4v) is 2.34. The lowest BCUT2D eigenvalue weighted by atomic mass is 10.1. The number of hydrogen-bond donors (Lipinski definition) is 2. The Bertz CT molecular complexity index is 387. The van der Waals surface area contributed by atoms with Gasteiger partial charge in [-0.2, -0.15) is 0 Å². The molecule has 0 bridgehead atoms. The summed E-state index contributed by atoms with van der Waals surface area (Å²) in [6, 6.07) is 10.0. The van der Waals surface area contributed by atoms with Crippen LogP contribution in [0.25, 0.3) is 0 Å². The lowest BCUT2D eigenvalue weighted by Gasteiger charge is -2.20. The van der Waals surface area contributed by atoms with E-state index in [-0.39, 0.29) is 25.0 Å². The van der Waals surface area contributed by atoms with Crippen LogP contribution in [0.5, 0.6) is 0 Å². The Morgan fingerprint density at radius 3 is 2.33 bits per heavy atom. The van der Waals surface area contributed by atoms with Crippen LogP contribution in [0.2, 0.25) is 0 Å². The highest BCUT2D eigenvalue weighted by Crippen LogP contribution is 2.48. The third-order valence-electron chi connectivity index (χ3n) is 3.39. The van der Waals surface area contributed by atoms with Crippen molar-refractivity contribution in [1.82, 2.24) is 4.90 Å². The van der Waals surface area contributed by atoms with Crippen LogP contribution >= 0.6 is 0 Å². The second-order valence-corrected chi connectivity index (χ2v) is 4.63. The van der Waals surface area contributed by atoms with Gasteiger partial charge < -0.3 is 15.1 Å². The summed E-state index contributed by atoms with van der Waals surface area (Å²) in [5.74, 6) is 0.371. The summed E-state index contributed by atoms with van der Waals surface area (Å²) in [5, 5.41) is 17.8. The van der Waals surface area contributed by atoms with E-state index in [0.29, 0.717) is 19.0 Å². The van der Waals surface area contributed by atoms with E-state index in [2.05, 4.69) is 0 Å². The van der Waals surface area contributed by atoms with Crippen molar-refractivity contribution in [3.05, 3.63) is 35.9 Å². The largest absolute Gasteiger partial charge is 0.395 e. The molecule has 1 fully saturated rings. The van der Waals surface area contributed by atoms with E-state index in [1.165, 1.54) is 5.56 Å². The van der Waals surface area contributed by atoms with Gasteiger partial charge in [0.15, 0.2) is 0 Å². The van der Waals surface area contributed by atoms with Gasteiger partial charge in [-0.3, -0.25) is 4.79 Å². The van der Waals surface area contributed by atoms with Crippen molar-refractivity contribution in [3.63, 3.8) is 0 Å². The molecule has 0 aliphatic heterocycles. The molecule has 0 spiro atoms. The Balaban J connectivity index is 1.95. The molecule has 98 valence electrons. The molecule has 1 saturated carbocycles. The standard InChI is InChI=1S/C14H19NO3/c16-8-6-15(7-9-17)14(18)13-10-12(13)11-4-2-1-3-5-11/h1-5,12-13,16-17H,6-10H2. The van der Waals surface area contributed by atoms with Gasteiger partial charge in [-0.15, -0.1) is 0 Å². The predicted octanol–water partition coefficient (Wildman–Crippen LogP) is 0.603. The summed E-state index contributed by atoms with van der Waals surface area (Å²) in [6.45, 7) is 0.484. The Morgan fingerprint density at radius 1 is 1.17 bits per heavy atom. The Labute approximate surface area is 107 Å². The molecule has 4 nitrogen and oxygen atoms in total. The fraction of sp³-hybridized carbons (Fsp3) is 0.500. The predicted molar refractivity (Wildman–Crippen MR) is 68.0 cm³/mol. The van der Waals surface area contributed by atoms with Crippen LogP contribution < -0.4 is 0 Å². The molecule has 2 atom stereocenters. The Kier molecular flexibility index (Phi) is 4.33. The molecule has 0 radical (unpaired) electrons. The molecule has 0 aromatic heterocycles. The van der Waals surface area contributed by atoms with Crippen LogP contribution in [0.1, 0.15) is 17.9 Å². The number of hydrogen-bond acceptors (Lipinski definition) is 3. The Morgan fingerprint density at radius 2 is 1.78 bits per heavy atom. The summed E-state index contributed by atoms with van der Waals surface area (Å²) in [5.41, 5.74) is 1.20. The minimum absolute atomic E-state index is 0.0190. The summed E-state index contributed by atoms with van der Waals surface area (Å²) in [7, 11) is 0. The van der Waals surface area contributed by atoms with Crippen molar-refractivity contribution >= 4 is 5.91 Å². The van der Waals surface area contributed by atoms with Crippen LogP contribution in [0.4, 0.5) is 0 Å². The zero-order chi connectivity index (χ0) is 13.0. The zero-order valence-corrected chi connectivity index (χ0v) is 10.3. The zero-order valence-electron chi connectivity index (χ0n) is 10.3. The molecule has 1 aliphatic rings. The lowest BCUT2D eigenvalue weighted by Crippen LogP contribution is -2.37. The number of aliphatic hydroxyl groups is 2. The van der Waals surface area contributed by atoms with Gasteiger partial charge in [-0.1, -0.05) is 30.3 Å². The quantitative estimate of drug-likeness (QED) is 0.776. The van der Waals surface area contributed by atoms with Crippen LogP contribution in [0, 0.1) is 5.92 Å². The molecule has 0 heterocycles. The molecule has 1 amide bonds. The van der Waals surface area contributed by atoms with Gasteiger partial charge >= 0.3 is 0 Å². The van der Waals surface area contributed by atoms with Crippen molar-refractivity contribution in [3.8, 4) is 0 Å². The third-order valence-corrected chi connectivity index (χ3v) is 3.39. The average molecular weight is 249 g/mol. The van der Waals surface area contributed by atoms with Gasteiger partial charge in [0, 0.05) is 19.0 Å². The molecule has 2 rings (SSSR count). The van der Waals surface area contributed by atoms with Crippen LogP contribution in [-0.2, 0) is 4.79 Å². The first-order valence-corrected chi connectivity index (χ1v) is 6.33. The number of nitrogens with zero attached hydrogens (tertiary/aromatic N) is 1. The van der Waals surface area contributed by atoms with Crippen molar-refractivity contribution in [2.75, 3.05) is 26.3 Å². The van der Waals surface area contributed by atoms with E-state index < -0.39 is 0 Å². The smallest absolute Gasteiger partial charge is 0.226 e. The first-order chi connectivity index (χ1) is 8.77. The van der Waals surface area contributed by atoms with Gasteiger partial charge in [0.05, 0.1) is 13.2 Å². The first kappa shape index (κ1) is 13.1. The highest BCUT2D eigenvalue weighted by Gasteiger charge is 2.45. The molecular weight excluding hydrogens is 230 g/mol. The van der Waals surface area contributed by atoms with E-state index in [0.717, 1.165) is 6.42 Å². The summed E-state index contributed by atoms with van der Waals surface area (Å²) >= 11 is 0. The third kappa shape index (κ3) is 2.89. The number of rotatable bonds is 6. The van der Waals surface area contributed by atoms with E-state index >= 15 is 0 Å². The van der Waals surface area contributed by atoms with Crippen molar-refractivity contribution in [2.45, 2.75) is 12.3 Å². The summed E-state index contributed by atoms with van der Waals surface area (Å²) < 4.78 is 0. The van der Waals surface area contributed by atoms with Gasteiger partial charge in [0.25, 0.3) is 0 Å². The molecular formula is C14H19NO3. The SMILES string of the molecule is O=C(C1CC1c1ccccc1)N(CCO)CCO. The number of aliphatic hydroxyl groups excluding tert-OH is 2. The minimum atomic E-state index is -0.0610. The monoisotopic (exact) mass is 249 g/mol. The van der Waals surface area contributed by atoms with Gasteiger partial charge in [0.1, 0.15) is 0 Å². The number of benzene rings is 1. The van der Waals surface area contributed by atoms with Crippen molar-refractivity contribution in [1.29, 1.82) is 0 Å². The maximum Gasteiger partial charge on any atom is 0.226 e. The highest BCUT2D eigenvalue weighted by atomic mass is 16.3. The second kappa shape index (κ2) is 5.98. The van der Waals surface area contributed by atoms with Crippen LogP contribution in [-0.4, -0.2) is 47.3 Å². The summed E-state index contributed by atoms with van der Waals surface area (Å²) in [4.78, 5) is 13.7. The molecule has 2 N–H and O–H groups in total. The maximum absolute atomic E-state index is 12.2. The van der Waals surface area contributed by atoms with E-state index in [9.17, 15) is 4.79 Å². The molecule has 0 saturated heterocycles. The highest BCUT2D eigenvalue weighted by molar-refractivity contribution is 5.83. The molecule has 1 aromatic rings. The lowest BCUT2D eigenvalue weighted by molar-refractivity contribution is -0.133. The normalized spacial score (nSPS) is 21.7. The number of carbonyl (C=O) groups excluding carboxylic acids is 1. The molecule has 1 aromatic carbocycles. The second-order valence-electron chi connectivity index (χ2n) is 4.63. The van der Waals surface area contributed by atoms with Crippen LogP contribution in [0.3, 0.4) is 0 Å². The first-order valence-electron chi connectivity index (χ1n) is 6.33. The number of amides is 1. The maximum atomic E-state index is 12.2. The Hall–Kier alpha value is -1.39. The minimum Gasteiger partial charge on any atom is -0.395 e. The average Bonchev–Trinajstić information content (AvgIpc) is 3.19. The number of carbonyl (C=O) groups is 1. The summed E-state index contributed by atoms with van der Waals surface area (Å²) in [6.07, 6.45) is 0.871. The molecule has 18 heavy (non-hydrogen) atoms. The van der Waals surface area contributed by atoms with Gasteiger partial charge in [-0.05, 0) is 17.9 Å².